The smallest absolute Gasteiger partial charge is 0.240 e. The lowest BCUT2D eigenvalue weighted by atomic mass is 10.1. The topological polar surface area (TPSA) is 87.3 Å². The Morgan fingerprint density at radius 3 is 2.55 bits per heavy atom. The first-order valence-electron chi connectivity index (χ1n) is 7.14. The number of carbonyl (C=O) groups excluding carboxylic acids is 1. The molecule has 1 aliphatic heterocycles. The molecule has 0 aromatic heterocycles. The first-order chi connectivity index (χ1) is 10.0. The summed E-state index contributed by atoms with van der Waals surface area (Å²) < 4.78 is 27.2. The quantitative estimate of drug-likeness (QED) is 0.753. The van der Waals surface area contributed by atoms with Gasteiger partial charge in [0.25, 0.3) is 0 Å². The van der Waals surface area contributed by atoms with Gasteiger partial charge in [-0.2, -0.15) is 0 Å². The lowest BCUT2D eigenvalue weighted by Crippen LogP contribution is -2.45. The van der Waals surface area contributed by atoms with Gasteiger partial charge < -0.3 is 10.6 Å². The standard InChI is InChI=1S/C14H21N3O3S.ClH/c1-2-14(18)16-11-5-7-13(8-6-11)21(19,20)17-12-4-3-9-15-10-12;/h5-8,12,15,17H,2-4,9-10H2,1H3,(H,16,18);1H. The van der Waals surface area contributed by atoms with Crippen molar-refractivity contribution in [2.75, 3.05) is 18.4 Å². The minimum atomic E-state index is -3.51. The van der Waals surface area contributed by atoms with Crippen molar-refractivity contribution in [1.82, 2.24) is 10.0 Å². The van der Waals surface area contributed by atoms with E-state index in [4.69, 9.17) is 0 Å². The first kappa shape index (κ1) is 18.9. The van der Waals surface area contributed by atoms with Crippen LogP contribution in [0.2, 0.25) is 0 Å². The predicted octanol–water partition coefficient (Wildman–Crippen LogP) is 1.49. The van der Waals surface area contributed by atoms with Gasteiger partial charge in [-0.1, -0.05) is 6.92 Å². The van der Waals surface area contributed by atoms with E-state index in [0.29, 0.717) is 18.7 Å². The highest BCUT2D eigenvalue weighted by Gasteiger charge is 2.21. The molecule has 1 atom stereocenters. The van der Waals surface area contributed by atoms with Crippen molar-refractivity contribution in [3.8, 4) is 0 Å². The fourth-order valence-corrected chi connectivity index (χ4v) is 3.48. The second kappa shape index (κ2) is 8.47. The molecule has 1 unspecified atom stereocenters. The Morgan fingerprint density at radius 2 is 2.00 bits per heavy atom. The Balaban J connectivity index is 0.00000242. The molecule has 1 aliphatic rings. The number of hydrogen-bond donors (Lipinski definition) is 3. The number of amides is 1. The molecule has 1 saturated heterocycles. The van der Waals surface area contributed by atoms with Crippen LogP contribution in [0.5, 0.6) is 0 Å². The summed E-state index contributed by atoms with van der Waals surface area (Å²) in [6.45, 7) is 3.35. The zero-order valence-corrected chi connectivity index (χ0v) is 14.1. The van der Waals surface area contributed by atoms with Gasteiger partial charge in [0.15, 0.2) is 0 Å². The van der Waals surface area contributed by atoms with E-state index in [-0.39, 0.29) is 29.3 Å². The normalized spacial score (nSPS) is 18.3. The van der Waals surface area contributed by atoms with Crippen LogP contribution < -0.4 is 15.4 Å². The third-order valence-corrected chi connectivity index (χ3v) is 4.92. The molecule has 6 nitrogen and oxygen atoms in total. The molecule has 124 valence electrons. The molecule has 0 radical (unpaired) electrons. The molecule has 1 aromatic rings. The Labute approximate surface area is 137 Å². The second-order valence-electron chi connectivity index (χ2n) is 5.09. The van der Waals surface area contributed by atoms with Crippen molar-refractivity contribution in [2.45, 2.75) is 37.1 Å². The molecular formula is C14H22ClN3O3S. The first-order valence-corrected chi connectivity index (χ1v) is 8.62. The molecule has 22 heavy (non-hydrogen) atoms. The van der Waals surface area contributed by atoms with Crippen molar-refractivity contribution in [3.63, 3.8) is 0 Å². The molecule has 1 amide bonds. The molecule has 1 aromatic carbocycles. The average molecular weight is 348 g/mol. The van der Waals surface area contributed by atoms with E-state index < -0.39 is 10.0 Å². The van der Waals surface area contributed by atoms with Crippen LogP contribution in [-0.2, 0) is 14.8 Å². The molecule has 0 aliphatic carbocycles. The van der Waals surface area contributed by atoms with Gasteiger partial charge in [0, 0.05) is 24.7 Å². The summed E-state index contributed by atoms with van der Waals surface area (Å²) in [4.78, 5) is 11.5. The van der Waals surface area contributed by atoms with Crippen molar-refractivity contribution in [3.05, 3.63) is 24.3 Å². The zero-order chi connectivity index (χ0) is 15.3. The third kappa shape index (κ3) is 5.24. The molecule has 8 heteroatoms. The molecule has 1 heterocycles. The molecular weight excluding hydrogens is 326 g/mol. The van der Waals surface area contributed by atoms with E-state index in [0.717, 1.165) is 19.4 Å². The highest BCUT2D eigenvalue weighted by atomic mass is 35.5. The van der Waals surface area contributed by atoms with E-state index in [1.165, 1.54) is 12.1 Å². The summed E-state index contributed by atoms with van der Waals surface area (Å²) in [5.41, 5.74) is 0.597. The van der Waals surface area contributed by atoms with Gasteiger partial charge in [-0.15, -0.1) is 12.4 Å². The number of rotatable bonds is 5. The van der Waals surface area contributed by atoms with Crippen molar-refractivity contribution in [1.29, 1.82) is 0 Å². The van der Waals surface area contributed by atoms with Crippen LogP contribution in [0.4, 0.5) is 5.69 Å². The Morgan fingerprint density at radius 1 is 1.32 bits per heavy atom. The summed E-state index contributed by atoms with van der Waals surface area (Å²) in [6, 6.07) is 6.14. The molecule has 0 bridgehead atoms. The number of nitrogens with one attached hydrogen (secondary N) is 3. The molecule has 1 fully saturated rings. The van der Waals surface area contributed by atoms with Gasteiger partial charge in [0.2, 0.25) is 15.9 Å². The maximum absolute atomic E-state index is 12.3. The van der Waals surface area contributed by atoms with E-state index in [9.17, 15) is 13.2 Å². The van der Waals surface area contributed by atoms with Crippen molar-refractivity contribution < 1.29 is 13.2 Å². The number of benzene rings is 1. The Bertz CT molecular complexity index is 584. The summed E-state index contributed by atoms with van der Waals surface area (Å²) >= 11 is 0. The van der Waals surface area contributed by atoms with Gasteiger partial charge in [-0.05, 0) is 43.7 Å². The van der Waals surface area contributed by atoms with E-state index in [1.807, 2.05) is 0 Å². The van der Waals surface area contributed by atoms with Crippen molar-refractivity contribution in [2.24, 2.45) is 0 Å². The summed E-state index contributed by atoms with van der Waals surface area (Å²) in [7, 11) is -3.51. The van der Waals surface area contributed by atoms with Crippen LogP contribution in [0, 0.1) is 0 Å². The largest absolute Gasteiger partial charge is 0.326 e. The van der Waals surface area contributed by atoms with Gasteiger partial charge in [0.1, 0.15) is 0 Å². The highest BCUT2D eigenvalue weighted by Crippen LogP contribution is 2.15. The second-order valence-corrected chi connectivity index (χ2v) is 6.80. The third-order valence-electron chi connectivity index (χ3n) is 3.39. The minimum Gasteiger partial charge on any atom is -0.326 e. The summed E-state index contributed by atoms with van der Waals surface area (Å²) in [5, 5.41) is 5.86. The van der Waals surface area contributed by atoms with Crippen molar-refractivity contribution >= 4 is 34.0 Å². The Kier molecular flexibility index (Phi) is 7.28. The van der Waals surface area contributed by atoms with Crippen LogP contribution in [0.25, 0.3) is 0 Å². The number of piperidine rings is 1. The van der Waals surface area contributed by atoms with E-state index >= 15 is 0 Å². The number of hydrogen-bond acceptors (Lipinski definition) is 4. The maximum Gasteiger partial charge on any atom is 0.240 e. The summed E-state index contributed by atoms with van der Waals surface area (Å²) in [6.07, 6.45) is 2.20. The lowest BCUT2D eigenvalue weighted by molar-refractivity contribution is -0.115. The predicted molar refractivity (Wildman–Crippen MR) is 88.8 cm³/mol. The van der Waals surface area contributed by atoms with Crippen LogP contribution in [0.1, 0.15) is 26.2 Å². The number of sulfonamides is 1. The Hall–Kier alpha value is -1.15. The number of anilines is 1. The SMILES string of the molecule is CCC(=O)Nc1ccc(S(=O)(=O)NC2CCCNC2)cc1.Cl. The van der Waals surface area contributed by atoms with Gasteiger partial charge in [0.05, 0.1) is 4.90 Å². The van der Waals surface area contributed by atoms with Crippen LogP contribution in [-0.4, -0.2) is 33.5 Å². The van der Waals surface area contributed by atoms with Crippen LogP contribution in [0.15, 0.2) is 29.2 Å². The number of halogens is 1. The fraction of sp³-hybridized carbons (Fsp3) is 0.500. The maximum atomic E-state index is 12.3. The monoisotopic (exact) mass is 347 g/mol. The summed E-state index contributed by atoms with van der Waals surface area (Å²) in [5.74, 6) is -0.1000. The van der Waals surface area contributed by atoms with Crippen LogP contribution in [0.3, 0.4) is 0 Å². The zero-order valence-electron chi connectivity index (χ0n) is 12.5. The molecule has 0 spiro atoms. The van der Waals surface area contributed by atoms with Crippen LogP contribution >= 0.6 is 12.4 Å². The van der Waals surface area contributed by atoms with E-state index in [1.54, 1.807) is 19.1 Å². The fourth-order valence-electron chi connectivity index (χ4n) is 2.21. The van der Waals surface area contributed by atoms with Gasteiger partial charge >= 0.3 is 0 Å². The lowest BCUT2D eigenvalue weighted by Gasteiger charge is -2.23. The molecule has 0 saturated carbocycles. The van der Waals surface area contributed by atoms with Gasteiger partial charge in [-0.25, -0.2) is 13.1 Å². The highest BCUT2D eigenvalue weighted by molar-refractivity contribution is 7.89. The minimum absolute atomic E-state index is 0. The molecule has 2 rings (SSSR count). The number of carbonyl (C=O) groups is 1. The molecule has 3 N–H and O–H groups in total. The average Bonchev–Trinajstić information content (AvgIpc) is 2.48. The van der Waals surface area contributed by atoms with E-state index in [2.05, 4.69) is 15.4 Å². The van der Waals surface area contributed by atoms with Gasteiger partial charge in [-0.3, -0.25) is 4.79 Å².